The summed E-state index contributed by atoms with van der Waals surface area (Å²) in [5, 5.41) is 2.68. The number of hydrogen-bond acceptors (Lipinski definition) is 3. The lowest BCUT2D eigenvalue weighted by Crippen LogP contribution is -2.25. The quantitative estimate of drug-likeness (QED) is 0.765. The fraction of sp³-hybridized carbons (Fsp3) is 0.538. The monoisotopic (exact) mass is 253 g/mol. The molecule has 18 heavy (non-hydrogen) atoms. The third-order valence-corrected chi connectivity index (χ3v) is 2.65. The lowest BCUT2D eigenvalue weighted by atomic mass is 10.1. The number of carbonyl (C=O) groups excluding carboxylic acids is 1. The summed E-state index contributed by atoms with van der Waals surface area (Å²) in [7, 11) is 0. The zero-order valence-corrected chi connectivity index (χ0v) is 10.9. The van der Waals surface area contributed by atoms with Gasteiger partial charge in [-0.1, -0.05) is 26.7 Å². The van der Waals surface area contributed by atoms with Gasteiger partial charge < -0.3 is 11.1 Å². The molecule has 0 aliphatic heterocycles. The molecule has 1 aromatic rings. The Balaban J connectivity index is 2.39. The van der Waals surface area contributed by atoms with Gasteiger partial charge in [-0.2, -0.15) is 0 Å². The number of amides is 1. The molecule has 5 heteroatoms. The second-order valence-corrected chi connectivity index (χ2v) is 4.70. The number of nitrogens with zero attached hydrogens (tertiary/aromatic N) is 1. The minimum atomic E-state index is -0.753. The maximum atomic E-state index is 13.5. The maximum Gasteiger partial charge on any atom is 0.254 e. The number of halogens is 1. The molecule has 3 N–H and O–H groups in total. The largest absolute Gasteiger partial charge is 0.381 e. The Hall–Kier alpha value is -1.65. The van der Waals surface area contributed by atoms with E-state index in [9.17, 15) is 9.18 Å². The average molecular weight is 253 g/mol. The normalized spacial score (nSPS) is 10.7. The average Bonchev–Trinajstić information content (AvgIpc) is 2.31. The highest BCUT2D eigenvalue weighted by atomic mass is 19.1. The minimum Gasteiger partial charge on any atom is -0.381 e. The van der Waals surface area contributed by atoms with Crippen LogP contribution in [0.15, 0.2) is 12.3 Å². The molecule has 0 atom stereocenters. The van der Waals surface area contributed by atoms with E-state index in [0.717, 1.165) is 19.3 Å². The smallest absolute Gasteiger partial charge is 0.254 e. The van der Waals surface area contributed by atoms with Gasteiger partial charge in [0.05, 0.1) is 5.56 Å². The first-order chi connectivity index (χ1) is 8.52. The Bertz CT molecular complexity index is 407. The molecule has 4 nitrogen and oxygen atoms in total. The van der Waals surface area contributed by atoms with Gasteiger partial charge in [0.2, 0.25) is 0 Å². The zero-order chi connectivity index (χ0) is 13.5. The summed E-state index contributed by atoms with van der Waals surface area (Å²) >= 11 is 0. The molecule has 0 spiro atoms. The van der Waals surface area contributed by atoms with Crippen LogP contribution in [0.5, 0.6) is 0 Å². The van der Waals surface area contributed by atoms with E-state index in [2.05, 4.69) is 24.1 Å². The van der Waals surface area contributed by atoms with Crippen LogP contribution in [0.4, 0.5) is 10.2 Å². The molecule has 0 aliphatic carbocycles. The maximum absolute atomic E-state index is 13.5. The van der Waals surface area contributed by atoms with Crippen LogP contribution < -0.4 is 11.1 Å². The summed E-state index contributed by atoms with van der Waals surface area (Å²) < 4.78 is 13.5. The van der Waals surface area contributed by atoms with E-state index in [0.29, 0.717) is 12.5 Å². The summed E-state index contributed by atoms with van der Waals surface area (Å²) in [6.07, 6.45) is 4.41. The van der Waals surface area contributed by atoms with Crippen molar-refractivity contribution >= 4 is 11.7 Å². The minimum absolute atomic E-state index is 0.0497. The topological polar surface area (TPSA) is 68.0 Å². The van der Waals surface area contributed by atoms with Crippen molar-refractivity contribution in [1.29, 1.82) is 0 Å². The van der Waals surface area contributed by atoms with Crippen LogP contribution in [0.25, 0.3) is 0 Å². The van der Waals surface area contributed by atoms with Crippen molar-refractivity contribution < 1.29 is 9.18 Å². The van der Waals surface area contributed by atoms with Crippen molar-refractivity contribution in [2.24, 2.45) is 5.92 Å². The van der Waals surface area contributed by atoms with Crippen LogP contribution in [0.3, 0.4) is 0 Å². The fourth-order valence-electron chi connectivity index (χ4n) is 1.61. The Morgan fingerprint density at radius 3 is 2.89 bits per heavy atom. The lowest BCUT2D eigenvalue weighted by molar-refractivity contribution is 0.0949. The van der Waals surface area contributed by atoms with Crippen molar-refractivity contribution in [2.45, 2.75) is 33.1 Å². The van der Waals surface area contributed by atoms with Crippen molar-refractivity contribution in [3.63, 3.8) is 0 Å². The second-order valence-electron chi connectivity index (χ2n) is 4.70. The van der Waals surface area contributed by atoms with E-state index in [1.165, 1.54) is 12.3 Å². The van der Waals surface area contributed by atoms with Gasteiger partial charge in [-0.15, -0.1) is 0 Å². The van der Waals surface area contributed by atoms with Gasteiger partial charge in [-0.25, -0.2) is 9.37 Å². The van der Waals surface area contributed by atoms with E-state index in [1.807, 2.05) is 0 Å². The SMILES string of the molecule is CC(C)CCCCNC(=O)c1ccnc(N)c1F. The Morgan fingerprint density at radius 2 is 2.22 bits per heavy atom. The Labute approximate surface area is 107 Å². The van der Waals surface area contributed by atoms with E-state index in [-0.39, 0.29) is 11.4 Å². The van der Waals surface area contributed by atoms with Crippen molar-refractivity contribution in [3.8, 4) is 0 Å². The molecule has 0 aliphatic rings. The van der Waals surface area contributed by atoms with Crippen molar-refractivity contribution in [2.75, 3.05) is 12.3 Å². The predicted molar refractivity (Wildman–Crippen MR) is 69.6 cm³/mol. The third-order valence-electron chi connectivity index (χ3n) is 2.65. The van der Waals surface area contributed by atoms with Gasteiger partial charge in [0.1, 0.15) is 0 Å². The molecule has 100 valence electrons. The number of pyridine rings is 1. The molecule has 0 unspecified atom stereocenters. The number of hydrogen-bond donors (Lipinski definition) is 2. The van der Waals surface area contributed by atoms with Crippen molar-refractivity contribution in [1.82, 2.24) is 10.3 Å². The number of carbonyl (C=O) groups is 1. The number of nitrogens with one attached hydrogen (secondary N) is 1. The Morgan fingerprint density at radius 1 is 1.50 bits per heavy atom. The molecule has 0 saturated carbocycles. The number of nitrogens with two attached hydrogens (primary N) is 1. The summed E-state index contributed by atoms with van der Waals surface area (Å²) in [5.74, 6) is -0.774. The highest BCUT2D eigenvalue weighted by Crippen LogP contribution is 2.11. The fourth-order valence-corrected chi connectivity index (χ4v) is 1.61. The number of aromatic nitrogens is 1. The van der Waals surface area contributed by atoms with Gasteiger partial charge in [0, 0.05) is 12.7 Å². The molecular formula is C13H20FN3O. The molecule has 0 bridgehead atoms. The molecule has 0 aromatic carbocycles. The molecule has 1 heterocycles. The number of nitrogen functional groups attached to an aromatic ring is 1. The highest BCUT2D eigenvalue weighted by Gasteiger charge is 2.13. The first-order valence-electron chi connectivity index (χ1n) is 6.20. The Kier molecular flexibility index (Phi) is 5.55. The van der Waals surface area contributed by atoms with E-state index < -0.39 is 11.7 Å². The van der Waals surface area contributed by atoms with E-state index >= 15 is 0 Å². The standard InChI is InChI=1S/C13H20FN3O/c1-9(2)5-3-4-7-17-13(18)10-6-8-16-12(15)11(10)14/h6,8-9H,3-5,7H2,1-2H3,(H2,15,16)(H,17,18). The van der Waals surface area contributed by atoms with Crippen LogP contribution in [-0.2, 0) is 0 Å². The number of anilines is 1. The van der Waals surface area contributed by atoms with Crippen LogP contribution in [0.1, 0.15) is 43.5 Å². The highest BCUT2D eigenvalue weighted by molar-refractivity contribution is 5.95. The summed E-state index contributed by atoms with van der Waals surface area (Å²) in [6.45, 7) is 4.87. The second kappa shape index (κ2) is 6.93. The number of unbranched alkanes of at least 4 members (excludes halogenated alkanes) is 1. The van der Waals surface area contributed by atoms with Crippen LogP contribution >= 0.6 is 0 Å². The first-order valence-corrected chi connectivity index (χ1v) is 6.20. The summed E-state index contributed by atoms with van der Waals surface area (Å²) in [5.41, 5.74) is 5.25. The first kappa shape index (κ1) is 14.4. The lowest BCUT2D eigenvalue weighted by Gasteiger charge is -2.07. The molecule has 0 radical (unpaired) electrons. The molecule has 0 saturated heterocycles. The summed E-state index contributed by atoms with van der Waals surface area (Å²) in [4.78, 5) is 15.3. The molecular weight excluding hydrogens is 233 g/mol. The van der Waals surface area contributed by atoms with Crippen molar-refractivity contribution in [3.05, 3.63) is 23.6 Å². The predicted octanol–water partition coefficient (Wildman–Crippen LogP) is 2.36. The zero-order valence-electron chi connectivity index (χ0n) is 10.9. The number of rotatable bonds is 6. The molecule has 1 amide bonds. The van der Waals surface area contributed by atoms with E-state index in [1.54, 1.807) is 0 Å². The van der Waals surface area contributed by atoms with Gasteiger partial charge in [0.25, 0.3) is 5.91 Å². The third kappa shape index (κ3) is 4.31. The molecule has 0 fully saturated rings. The van der Waals surface area contributed by atoms with Gasteiger partial charge >= 0.3 is 0 Å². The summed E-state index contributed by atoms with van der Waals surface area (Å²) in [6, 6.07) is 1.33. The van der Waals surface area contributed by atoms with Gasteiger partial charge in [0.15, 0.2) is 11.6 Å². The van der Waals surface area contributed by atoms with Gasteiger partial charge in [-0.3, -0.25) is 4.79 Å². The molecule has 1 aromatic heterocycles. The van der Waals surface area contributed by atoms with Crippen LogP contribution in [0, 0.1) is 11.7 Å². The van der Waals surface area contributed by atoms with E-state index in [4.69, 9.17) is 5.73 Å². The molecule has 1 rings (SSSR count). The van der Waals surface area contributed by atoms with Crippen LogP contribution in [-0.4, -0.2) is 17.4 Å². The van der Waals surface area contributed by atoms with Crippen LogP contribution in [0.2, 0.25) is 0 Å². The van der Waals surface area contributed by atoms with Gasteiger partial charge in [-0.05, 0) is 18.4 Å².